The van der Waals surface area contributed by atoms with Gasteiger partial charge in [0.1, 0.15) is 11.5 Å². The van der Waals surface area contributed by atoms with Gasteiger partial charge >= 0.3 is 0 Å². The molecule has 7 heteroatoms. The molecule has 0 amide bonds. The van der Waals surface area contributed by atoms with Crippen LogP contribution in [0.25, 0.3) is 0 Å². The predicted octanol–water partition coefficient (Wildman–Crippen LogP) is 3.77. The molecule has 1 unspecified atom stereocenters. The molecular formula is C23H33IN4O2. The number of methoxy groups -OCH3 is 1. The predicted molar refractivity (Wildman–Crippen MR) is 135 cm³/mol. The Balaban J connectivity index is 0.00000320. The summed E-state index contributed by atoms with van der Waals surface area (Å²) in [6, 6.07) is 18.2. The lowest BCUT2D eigenvalue weighted by Gasteiger charge is -2.20. The van der Waals surface area contributed by atoms with E-state index >= 15 is 0 Å². The molecule has 30 heavy (non-hydrogen) atoms. The van der Waals surface area contributed by atoms with E-state index in [0.717, 1.165) is 50.1 Å². The fourth-order valence-corrected chi connectivity index (χ4v) is 3.49. The fraction of sp³-hybridized carbons (Fsp3) is 0.435. The van der Waals surface area contributed by atoms with Crippen molar-refractivity contribution in [2.75, 3.05) is 51.8 Å². The van der Waals surface area contributed by atoms with Crippen LogP contribution in [0.15, 0.2) is 59.6 Å². The Morgan fingerprint density at radius 2 is 1.90 bits per heavy atom. The molecule has 1 aliphatic rings. The van der Waals surface area contributed by atoms with Gasteiger partial charge in [0, 0.05) is 45.0 Å². The van der Waals surface area contributed by atoms with E-state index in [1.807, 2.05) is 49.5 Å². The Bertz CT molecular complexity index is 773. The third kappa shape index (κ3) is 7.59. The molecule has 2 aromatic rings. The lowest BCUT2D eigenvalue weighted by Crippen LogP contribution is -2.40. The summed E-state index contributed by atoms with van der Waals surface area (Å²) in [5, 5.41) is 6.83. The standard InChI is InChI=1S/C23H32N4O2.HI/c1-24-23(25-13-7-15-29-21-9-4-3-5-10-21)26-17-19-12-14-27(18-19)20-8-6-11-22(16-20)28-2;/h3-6,8-11,16,19H,7,12-15,17-18H2,1-2H3,(H2,24,25,26);1H. The van der Waals surface area contributed by atoms with Crippen LogP contribution in [0.5, 0.6) is 11.5 Å². The quantitative estimate of drug-likeness (QED) is 0.227. The number of nitrogens with one attached hydrogen (secondary N) is 2. The number of guanidine groups is 1. The number of halogens is 1. The minimum atomic E-state index is 0. The molecule has 1 heterocycles. The van der Waals surface area contributed by atoms with Crippen LogP contribution in [0.3, 0.4) is 0 Å². The normalized spacial score (nSPS) is 16.0. The van der Waals surface area contributed by atoms with Crippen molar-refractivity contribution in [1.29, 1.82) is 0 Å². The monoisotopic (exact) mass is 524 g/mol. The van der Waals surface area contributed by atoms with Gasteiger partial charge in [0.2, 0.25) is 0 Å². The number of benzene rings is 2. The van der Waals surface area contributed by atoms with Crippen molar-refractivity contribution in [3.63, 3.8) is 0 Å². The van der Waals surface area contributed by atoms with Gasteiger partial charge in [-0.25, -0.2) is 0 Å². The molecule has 2 aromatic carbocycles. The van der Waals surface area contributed by atoms with Crippen molar-refractivity contribution >= 4 is 35.6 Å². The Labute approximate surface area is 197 Å². The van der Waals surface area contributed by atoms with Gasteiger partial charge in [0.25, 0.3) is 0 Å². The van der Waals surface area contributed by atoms with E-state index in [1.165, 1.54) is 12.1 Å². The zero-order chi connectivity index (χ0) is 20.3. The first-order valence-electron chi connectivity index (χ1n) is 10.3. The number of para-hydroxylation sites is 1. The van der Waals surface area contributed by atoms with Gasteiger partial charge in [-0.3, -0.25) is 4.99 Å². The molecule has 1 aliphatic heterocycles. The second-order valence-electron chi connectivity index (χ2n) is 7.20. The van der Waals surface area contributed by atoms with Crippen molar-refractivity contribution in [1.82, 2.24) is 10.6 Å². The zero-order valence-corrected chi connectivity index (χ0v) is 20.2. The average molecular weight is 524 g/mol. The minimum Gasteiger partial charge on any atom is -0.497 e. The molecule has 1 fully saturated rings. The summed E-state index contributed by atoms with van der Waals surface area (Å²) >= 11 is 0. The van der Waals surface area contributed by atoms with E-state index in [0.29, 0.717) is 12.5 Å². The first-order valence-corrected chi connectivity index (χ1v) is 10.3. The fourth-order valence-electron chi connectivity index (χ4n) is 3.49. The maximum atomic E-state index is 5.72. The van der Waals surface area contributed by atoms with E-state index in [-0.39, 0.29) is 24.0 Å². The van der Waals surface area contributed by atoms with Gasteiger partial charge in [0.15, 0.2) is 5.96 Å². The summed E-state index contributed by atoms with van der Waals surface area (Å²) in [4.78, 5) is 6.75. The Kier molecular flexibility index (Phi) is 10.6. The molecule has 0 aliphatic carbocycles. The third-order valence-electron chi connectivity index (χ3n) is 5.11. The second-order valence-corrected chi connectivity index (χ2v) is 7.20. The van der Waals surface area contributed by atoms with Crippen molar-refractivity contribution < 1.29 is 9.47 Å². The molecule has 0 bridgehead atoms. The number of ether oxygens (including phenoxy) is 2. The van der Waals surface area contributed by atoms with Crippen LogP contribution in [0.2, 0.25) is 0 Å². The second kappa shape index (κ2) is 13.2. The van der Waals surface area contributed by atoms with Gasteiger partial charge in [-0.2, -0.15) is 0 Å². The van der Waals surface area contributed by atoms with Crippen LogP contribution >= 0.6 is 24.0 Å². The van der Waals surface area contributed by atoms with Gasteiger partial charge in [-0.05, 0) is 43.0 Å². The molecule has 0 spiro atoms. The van der Waals surface area contributed by atoms with E-state index in [2.05, 4.69) is 32.7 Å². The minimum absolute atomic E-state index is 0. The first kappa shape index (κ1) is 24.1. The van der Waals surface area contributed by atoms with E-state index in [4.69, 9.17) is 9.47 Å². The largest absolute Gasteiger partial charge is 0.497 e. The third-order valence-corrected chi connectivity index (χ3v) is 5.11. The van der Waals surface area contributed by atoms with Crippen molar-refractivity contribution in [2.45, 2.75) is 12.8 Å². The summed E-state index contributed by atoms with van der Waals surface area (Å²) < 4.78 is 11.1. The molecular weight excluding hydrogens is 491 g/mol. The Hall–Kier alpha value is -2.16. The molecule has 1 saturated heterocycles. The molecule has 0 aromatic heterocycles. The number of hydrogen-bond donors (Lipinski definition) is 2. The number of nitrogens with zero attached hydrogens (tertiary/aromatic N) is 2. The number of anilines is 1. The van der Waals surface area contributed by atoms with Gasteiger partial charge in [-0.15, -0.1) is 24.0 Å². The number of aliphatic imine (C=N–C) groups is 1. The lowest BCUT2D eigenvalue weighted by atomic mass is 10.1. The highest BCUT2D eigenvalue weighted by Crippen LogP contribution is 2.26. The summed E-state index contributed by atoms with van der Waals surface area (Å²) in [6.07, 6.45) is 2.09. The highest BCUT2D eigenvalue weighted by atomic mass is 127. The highest BCUT2D eigenvalue weighted by Gasteiger charge is 2.23. The van der Waals surface area contributed by atoms with Crippen LogP contribution < -0.4 is 25.0 Å². The number of hydrogen-bond acceptors (Lipinski definition) is 4. The molecule has 0 saturated carbocycles. The topological polar surface area (TPSA) is 58.1 Å². The molecule has 164 valence electrons. The molecule has 0 radical (unpaired) electrons. The number of rotatable bonds is 9. The van der Waals surface area contributed by atoms with Gasteiger partial charge < -0.3 is 25.0 Å². The van der Waals surface area contributed by atoms with Gasteiger partial charge in [-0.1, -0.05) is 24.3 Å². The maximum absolute atomic E-state index is 5.72. The Morgan fingerprint density at radius 3 is 2.67 bits per heavy atom. The molecule has 3 rings (SSSR count). The summed E-state index contributed by atoms with van der Waals surface area (Å²) in [7, 11) is 3.52. The SMILES string of the molecule is CN=C(NCCCOc1ccccc1)NCC1CCN(c2cccc(OC)c2)C1.I. The Morgan fingerprint density at radius 1 is 1.10 bits per heavy atom. The van der Waals surface area contributed by atoms with Crippen LogP contribution in [0, 0.1) is 5.92 Å². The maximum Gasteiger partial charge on any atom is 0.190 e. The lowest BCUT2D eigenvalue weighted by molar-refractivity contribution is 0.311. The molecule has 6 nitrogen and oxygen atoms in total. The average Bonchev–Trinajstić information content (AvgIpc) is 3.25. The van der Waals surface area contributed by atoms with E-state index < -0.39 is 0 Å². The van der Waals surface area contributed by atoms with Crippen LogP contribution in [0.1, 0.15) is 12.8 Å². The smallest absolute Gasteiger partial charge is 0.190 e. The highest BCUT2D eigenvalue weighted by molar-refractivity contribution is 14.0. The van der Waals surface area contributed by atoms with Crippen molar-refractivity contribution in [3.8, 4) is 11.5 Å². The molecule has 2 N–H and O–H groups in total. The van der Waals surface area contributed by atoms with Crippen LogP contribution in [-0.4, -0.2) is 52.9 Å². The zero-order valence-electron chi connectivity index (χ0n) is 17.8. The molecule has 1 atom stereocenters. The van der Waals surface area contributed by atoms with Gasteiger partial charge in [0.05, 0.1) is 13.7 Å². The van der Waals surface area contributed by atoms with Crippen molar-refractivity contribution in [2.24, 2.45) is 10.9 Å². The van der Waals surface area contributed by atoms with E-state index in [9.17, 15) is 0 Å². The van der Waals surface area contributed by atoms with Crippen LogP contribution in [-0.2, 0) is 0 Å². The first-order chi connectivity index (χ1) is 14.3. The van der Waals surface area contributed by atoms with E-state index in [1.54, 1.807) is 7.11 Å². The van der Waals surface area contributed by atoms with Crippen LogP contribution in [0.4, 0.5) is 5.69 Å². The summed E-state index contributed by atoms with van der Waals surface area (Å²) in [5.74, 6) is 3.27. The summed E-state index contributed by atoms with van der Waals surface area (Å²) in [5.41, 5.74) is 1.23. The summed E-state index contributed by atoms with van der Waals surface area (Å²) in [6.45, 7) is 4.55. The van der Waals surface area contributed by atoms with Crippen molar-refractivity contribution in [3.05, 3.63) is 54.6 Å².